The molecule has 8 heteroatoms. The number of halogens is 3. The minimum atomic E-state index is -2.65. The molecule has 0 N–H and O–H groups in total. The number of aldehydes is 1. The lowest BCUT2D eigenvalue weighted by Crippen LogP contribution is -2.07. The highest BCUT2D eigenvalue weighted by atomic mass is 35.5. The number of nitrogens with zero attached hydrogens (tertiary/aromatic N) is 1. The number of non-ortho nitro benzene ring substituents is 1. The fourth-order valence-corrected chi connectivity index (χ4v) is 1.04. The molecule has 0 unspecified atom stereocenters. The molecule has 0 heterocycles. The summed E-state index contributed by atoms with van der Waals surface area (Å²) in [5.41, 5.74) is -0.260. The molecule has 0 amide bonds. The number of hydrogen-bond acceptors (Lipinski definition) is 4. The van der Waals surface area contributed by atoms with Gasteiger partial charge in [0.05, 0.1) is 16.0 Å². The highest BCUT2D eigenvalue weighted by molar-refractivity contribution is 6.32. The third kappa shape index (κ3) is 6.09. The number of nitro benzene ring substituents is 1. The van der Waals surface area contributed by atoms with Crippen molar-refractivity contribution in [2.24, 2.45) is 0 Å². The van der Waals surface area contributed by atoms with E-state index in [1.54, 1.807) is 0 Å². The Labute approximate surface area is 106 Å². The van der Waals surface area contributed by atoms with E-state index < -0.39 is 18.0 Å². The molecule has 0 spiro atoms. The smallest absolute Gasteiger partial charge is 0.273 e. The van der Waals surface area contributed by atoms with Gasteiger partial charge < -0.3 is 9.53 Å². The van der Waals surface area contributed by atoms with Crippen molar-refractivity contribution in [2.75, 3.05) is 6.61 Å². The highest BCUT2D eigenvalue weighted by Crippen LogP contribution is 2.28. The van der Waals surface area contributed by atoms with E-state index in [0.717, 1.165) is 18.4 Å². The minimum Gasteiger partial charge on any atom is -0.486 e. The van der Waals surface area contributed by atoms with Gasteiger partial charge >= 0.3 is 0 Å². The molecule has 5 nitrogen and oxygen atoms in total. The fourth-order valence-electron chi connectivity index (χ4n) is 0.869. The Balaban J connectivity index is 0.000000873. The fraction of sp³-hybridized carbons (Fsp3) is 0.300. The maximum absolute atomic E-state index is 11.8. The van der Waals surface area contributed by atoms with Crippen LogP contribution in [0.3, 0.4) is 0 Å². The predicted molar refractivity (Wildman–Crippen MR) is 61.3 cm³/mol. The highest BCUT2D eigenvalue weighted by Gasteiger charge is 2.12. The van der Waals surface area contributed by atoms with Crippen molar-refractivity contribution in [3.8, 4) is 5.75 Å². The maximum Gasteiger partial charge on any atom is 0.273 e. The Bertz CT molecular complexity index is 415. The quantitative estimate of drug-likeness (QED) is 0.483. The predicted octanol–water partition coefficient (Wildman–Crippen LogP) is 3.10. The van der Waals surface area contributed by atoms with Crippen molar-refractivity contribution in [3.63, 3.8) is 0 Å². The van der Waals surface area contributed by atoms with E-state index in [1.165, 1.54) is 13.0 Å². The van der Waals surface area contributed by atoms with Gasteiger partial charge in [0.25, 0.3) is 12.1 Å². The molecule has 0 aliphatic heterocycles. The van der Waals surface area contributed by atoms with E-state index >= 15 is 0 Å². The Kier molecular flexibility index (Phi) is 7.53. The lowest BCUT2D eigenvalue weighted by Gasteiger charge is -2.06. The van der Waals surface area contributed by atoms with Gasteiger partial charge in [-0.25, -0.2) is 8.78 Å². The second-order valence-electron chi connectivity index (χ2n) is 2.81. The first-order chi connectivity index (χ1) is 8.42. The summed E-state index contributed by atoms with van der Waals surface area (Å²) in [6.45, 7) is 0.598. The van der Waals surface area contributed by atoms with Gasteiger partial charge in [0, 0.05) is 6.07 Å². The molecule has 0 atom stereocenters. The maximum atomic E-state index is 11.8. The average molecular weight is 282 g/mol. The number of ether oxygens (including phenoxy) is 1. The van der Waals surface area contributed by atoms with Crippen molar-refractivity contribution in [3.05, 3.63) is 33.3 Å². The van der Waals surface area contributed by atoms with Crippen LogP contribution in [-0.2, 0) is 4.79 Å². The van der Waals surface area contributed by atoms with Gasteiger partial charge in [-0.1, -0.05) is 11.6 Å². The molecule has 18 heavy (non-hydrogen) atoms. The van der Waals surface area contributed by atoms with Crippen LogP contribution in [0.1, 0.15) is 6.92 Å². The zero-order valence-corrected chi connectivity index (χ0v) is 10.1. The topological polar surface area (TPSA) is 69.4 Å². The number of rotatable bonds is 4. The number of carbonyl (C=O) groups is 1. The summed E-state index contributed by atoms with van der Waals surface area (Å²) < 4.78 is 28.2. The zero-order chi connectivity index (χ0) is 14.1. The van der Waals surface area contributed by atoms with Crippen molar-refractivity contribution in [1.29, 1.82) is 0 Å². The van der Waals surface area contributed by atoms with Crippen LogP contribution in [-0.4, -0.2) is 24.2 Å². The molecular formula is C10H10ClF2NO4. The lowest BCUT2D eigenvalue weighted by molar-refractivity contribution is -0.384. The van der Waals surface area contributed by atoms with Gasteiger partial charge in [0.15, 0.2) is 0 Å². The molecule has 0 aliphatic carbocycles. The molecule has 0 aliphatic rings. The summed E-state index contributed by atoms with van der Waals surface area (Å²) in [4.78, 5) is 18.5. The monoisotopic (exact) mass is 281 g/mol. The van der Waals surface area contributed by atoms with E-state index in [4.69, 9.17) is 16.4 Å². The number of nitro groups is 1. The Hall–Kier alpha value is -1.76. The molecule has 0 radical (unpaired) electrons. The normalized spacial score (nSPS) is 9.39. The number of alkyl halides is 2. The summed E-state index contributed by atoms with van der Waals surface area (Å²) in [6.07, 6.45) is -1.90. The summed E-state index contributed by atoms with van der Waals surface area (Å²) in [6, 6.07) is 3.39. The third-order valence-electron chi connectivity index (χ3n) is 1.49. The molecule has 0 saturated carbocycles. The second kappa shape index (κ2) is 8.35. The van der Waals surface area contributed by atoms with Crippen LogP contribution >= 0.6 is 11.6 Å². The summed E-state index contributed by atoms with van der Waals surface area (Å²) in [7, 11) is 0. The van der Waals surface area contributed by atoms with Gasteiger partial charge in [-0.15, -0.1) is 0 Å². The van der Waals surface area contributed by atoms with E-state index in [1.807, 2.05) is 0 Å². The van der Waals surface area contributed by atoms with Crippen LogP contribution in [0.5, 0.6) is 5.75 Å². The SMILES string of the molecule is CC=O.O=[N+]([O-])c1ccc(Cl)c(OCC(F)F)c1. The lowest BCUT2D eigenvalue weighted by atomic mass is 10.3. The molecule has 0 fully saturated rings. The van der Waals surface area contributed by atoms with Crippen LogP contribution < -0.4 is 4.74 Å². The average Bonchev–Trinajstić information content (AvgIpc) is 2.28. The molecular weight excluding hydrogens is 272 g/mol. The van der Waals surface area contributed by atoms with E-state index in [0.29, 0.717) is 0 Å². The van der Waals surface area contributed by atoms with E-state index in [-0.39, 0.29) is 16.5 Å². The summed E-state index contributed by atoms with van der Waals surface area (Å²) in [5, 5.41) is 10.4. The minimum absolute atomic E-state index is 0.0567. The number of hydrogen-bond donors (Lipinski definition) is 0. The van der Waals surface area contributed by atoms with Crippen molar-refractivity contribution in [1.82, 2.24) is 0 Å². The van der Waals surface area contributed by atoms with Crippen molar-refractivity contribution >= 4 is 23.6 Å². The zero-order valence-electron chi connectivity index (χ0n) is 9.31. The van der Waals surface area contributed by atoms with Gasteiger partial charge in [0.1, 0.15) is 18.6 Å². The van der Waals surface area contributed by atoms with Crippen molar-refractivity contribution < 1.29 is 23.2 Å². The number of carbonyl (C=O) groups excluding carboxylic acids is 1. The first-order valence-corrected chi connectivity index (χ1v) is 5.04. The van der Waals surface area contributed by atoms with Crippen molar-refractivity contribution in [2.45, 2.75) is 13.3 Å². The van der Waals surface area contributed by atoms with Gasteiger partial charge in [-0.2, -0.15) is 0 Å². The summed E-state index contributed by atoms with van der Waals surface area (Å²) in [5.74, 6) is -0.119. The Morgan fingerprint density at radius 3 is 2.56 bits per heavy atom. The van der Waals surface area contributed by atoms with E-state index in [2.05, 4.69) is 4.74 Å². The van der Waals surface area contributed by atoms with Crippen LogP contribution in [0.25, 0.3) is 0 Å². The largest absolute Gasteiger partial charge is 0.486 e. The molecule has 1 rings (SSSR count). The first-order valence-electron chi connectivity index (χ1n) is 4.67. The summed E-state index contributed by atoms with van der Waals surface area (Å²) >= 11 is 5.59. The molecule has 1 aromatic rings. The Morgan fingerprint density at radius 2 is 2.11 bits per heavy atom. The molecule has 0 saturated heterocycles. The van der Waals surface area contributed by atoms with Crippen LogP contribution in [0.4, 0.5) is 14.5 Å². The van der Waals surface area contributed by atoms with Crippen LogP contribution in [0.2, 0.25) is 5.02 Å². The molecule has 0 bridgehead atoms. The Morgan fingerprint density at radius 1 is 1.56 bits per heavy atom. The molecule has 0 aromatic heterocycles. The van der Waals surface area contributed by atoms with Crippen LogP contribution in [0, 0.1) is 10.1 Å². The van der Waals surface area contributed by atoms with Crippen LogP contribution in [0.15, 0.2) is 18.2 Å². The van der Waals surface area contributed by atoms with Gasteiger partial charge in [0.2, 0.25) is 0 Å². The standard InChI is InChI=1S/C8H6ClF2NO3.C2H4O/c9-6-2-1-5(12(13)14)3-7(6)15-4-8(10)11;1-2-3/h1-3,8H,4H2;2H,1H3. The third-order valence-corrected chi connectivity index (χ3v) is 1.80. The molecule has 100 valence electrons. The number of benzene rings is 1. The van der Waals surface area contributed by atoms with Gasteiger partial charge in [-0.05, 0) is 13.0 Å². The first kappa shape index (κ1) is 16.2. The van der Waals surface area contributed by atoms with E-state index in [9.17, 15) is 18.9 Å². The second-order valence-corrected chi connectivity index (χ2v) is 3.22. The van der Waals surface area contributed by atoms with Gasteiger partial charge in [-0.3, -0.25) is 10.1 Å². The molecule has 1 aromatic carbocycles.